The van der Waals surface area contributed by atoms with Crippen molar-refractivity contribution < 1.29 is 4.74 Å². The Morgan fingerprint density at radius 3 is 2.21 bits per heavy atom. The van der Waals surface area contributed by atoms with Gasteiger partial charge in [0.2, 0.25) is 0 Å². The fourth-order valence-corrected chi connectivity index (χ4v) is 3.02. The predicted molar refractivity (Wildman–Crippen MR) is 84.8 cm³/mol. The molecule has 0 fully saturated rings. The highest BCUT2D eigenvalue weighted by molar-refractivity contribution is 4.95. The number of nitrogens with one attached hydrogen (secondary N) is 1. The van der Waals surface area contributed by atoms with Gasteiger partial charge in [-0.1, -0.05) is 27.7 Å². The van der Waals surface area contributed by atoms with Crippen LogP contribution >= 0.6 is 0 Å². The highest BCUT2D eigenvalue weighted by Crippen LogP contribution is 2.26. The molecule has 0 aliphatic heterocycles. The second-order valence-electron chi connectivity index (χ2n) is 5.52. The van der Waals surface area contributed by atoms with Crippen LogP contribution in [0, 0.1) is 0 Å². The summed E-state index contributed by atoms with van der Waals surface area (Å²) in [6, 6.07) is 0.549. The monoisotopic (exact) mass is 272 g/mol. The van der Waals surface area contributed by atoms with E-state index in [-0.39, 0.29) is 5.54 Å². The molecule has 0 aromatic carbocycles. The number of hydrogen-bond acceptors (Lipinski definition) is 3. The van der Waals surface area contributed by atoms with Crippen LogP contribution in [-0.2, 0) is 4.74 Å². The molecule has 3 nitrogen and oxygen atoms in total. The Labute approximate surface area is 121 Å². The maximum Gasteiger partial charge on any atom is 0.0462 e. The van der Waals surface area contributed by atoms with Gasteiger partial charge in [-0.2, -0.15) is 0 Å². The molecule has 0 aromatic rings. The minimum atomic E-state index is 0.242. The van der Waals surface area contributed by atoms with Crippen LogP contribution in [0.3, 0.4) is 0 Å². The summed E-state index contributed by atoms with van der Waals surface area (Å²) in [4.78, 5) is 2.60. The highest BCUT2D eigenvalue weighted by Gasteiger charge is 2.35. The van der Waals surface area contributed by atoms with E-state index < -0.39 is 0 Å². The first-order chi connectivity index (χ1) is 9.10. The Morgan fingerprint density at radius 1 is 1.16 bits per heavy atom. The Kier molecular flexibility index (Phi) is 10.6. The largest absolute Gasteiger partial charge is 0.385 e. The molecule has 0 amide bonds. The molecule has 0 aliphatic rings. The third-order valence-electron chi connectivity index (χ3n) is 4.43. The molecule has 1 N–H and O–H groups in total. The van der Waals surface area contributed by atoms with E-state index in [1.54, 1.807) is 7.11 Å². The first-order valence-electron chi connectivity index (χ1n) is 8.07. The third-order valence-corrected chi connectivity index (χ3v) is 4.43. The number of likely N-dealkylation sites (N-methyl/N-ethyl adjacent to an activating group) is 1. The summed E-state index contributed by atoms with van der Waals surface area (Å²) in [5.41, 5.74) is 0.242. The maximum absolute atomic E-state index is 5.21. The van der Waals surface area contributed by atoms with Crippen molar-refractivity contribution in [2.45, 2.75) is 71.9 Å². The van der Waals surface area contributed by atoms with E-state index in [4.69, 9.17) is 4.74 Å². The van der Waals surface area contributed by atoms with Crippen LogP contribution in [0.15, 0.2) is 0 Å². The second kappa shape index (κ2) is 10.6. The Balaban J connectivity index is 4.80. The van der Waals surface area contributed by atoms with E-state index in [0.29, 0.717) is 6.04 Å². The highest BCUT2D eigenvalue weighted by atomic mass is 16.5. The molecule has 0 saturated carbocycles. The lowest BCUT2D eigenvalue weighted by atomic mass is 9.84. The van der Waals surface area contributed by atoms with Crippen LogP contribution in [0.2, 0.25) is 0 Å². The van der Waals surface area contributed by atoms with Crippen molar-refractivity contribution in [3.8, 4) is 0 Å². The van der Waals surface area contributed by atoms with Crippen molar-refractivity contribution in [1.82, 2.24) is 10.2 Å². The van der Waals surface area contributed by atoms with E-state index in [1.807, 2.05) is 0 Å². The summed E-state index contributed by atoms with van der Waals surface area (Å²) in [5.74, 6) is 0. The summed E-state index contributed by atoms with van der Waals surface area (Å²) in [6.07, 6.45) is 4.70. The number of rotatable bonds is 12. The van der Waals surface area contributed by atoms with Crippen molar-refractivity contribution in [2.75, 3.05) is 33.4 Å². The van der Waals surface area contributed by atoms with Crippen LogP contribution in [0.25, 0.3) is 0 Å². The summed E-state index contributed by atoms with van der Waals surface area (Å²) < 4.78 is 5.21. The minimum Gasteiger partial charge on any atom is -0.385 e. The number of ether oxygens (including phenoxy) is 1. The molecule has 3 heteroatoms. The molecule has 19 heavy (non-hydrogen) atoms. The van der Waals surface area contributed by atoms with Crippen LogP contribution in [0.5, 0.6) is 0 Å². The van der Waals surface area contributed by atoms with Gasteiger partial charge >= 0.3 is 0 Å². The van der Waals surface area contributed by atoms with E-state index >= 15 is 0 Å². The standard InChI is InChI=1S/C16H36N2O/c1-7-13-17-15(12-11-14-19-6)16(5,8-2)18(9-3)10-4/h15,17H,7-14H2,1-6H3. The van der Waals surface area contributed by atoms with Gasteiger partial charge in [-0.15, -0.1) is 0 Å². The third kappa shape index (κ3) is 5.80. The molecule has 2 unspecified atom stereocenters. The molecular weight excluding hydrogens is 236 g/mol. The fourth-order valence-electron chi connectivity index (χ4n) is 3.02. The second-order valence-corrected chi connectivity index (χ2v) is 5.52. The normalized spacial score (nSPS) is 16.6. The van der Waals surface area contributed by atoms with Crippen LogP contribution in [0.1, 0.15) is 60.3 Å². The van der Waals surface area contributed by atoms with Gasteiger partial charge in [0.05, 0.1) is 0 Å². The van der Waals surface area contributed by atoms with Gasteiger partial charge in [0.1, 0.15) is 0 Å². The zero-order valence-electron chi connectivity index (χ0n) is 14.1. The molecule has 0 bridgehead atoms. The zero-order valence-corrected chi connectivity index (χ0v) is 14.1. The Hall–Kier alpha value is -0.120. The molecular formula is C16H36N2O. The molecule has 0 rings (SSSR count). The summed E-state index contributed by atoms with van der Waals surface area (Å²) in [6.45, 7) is 15.7. The van der Waals surface area contributed by atoms with Crippen molar-refractivity contribution >= 4 is 0 Å². The van der Waals surface area contributed by atoms with Gasteiger partial charge in [0.15, 0.2) is 0 Å². The molecule has 0 saturated heterocycles. The van der Waals surface area contributed by atoms with Gasteiger partial charge in [-0.3, -0.25) is 4.90 Å². The first-order valence-corrected chi connectivity index (χ1v) is 8.07. The molecule has 0 spiro atoms. The van der Waals surface area contributed by atoms with Gasteiger partial charge in [-0.25, -0.2) is 0 Å². The molecule has 0 aliphatic carbocycles. The quantitative estimate of drug-likeness (QED) is 0.552. The van der Waals surface area contributed by atoms with Crippen molar-refractivity contribution in [1.29, 1.82) is 0 Å². The predicted octanol–water partition coefficient (Wildman–Crippen LogP) is 3.29. The zero-order chi connectivity index (χ0) is 14.7. The molecule has 0 aromatic heterocycles. The SMILES string of the molecule is CCCNC(CCCOC)C(C)(CC)N(CC)CC. The summed E-state index contributed by atoms with van der Waals surface area (Å²) >= 11 is 0. The van der Waals surface area contributed by atoms with Gasteiger partial charge < -0.3 is 10.1 Å². The van der Waals surface area contributed by atoms with Crippen molar-refractivity contribution in [3.05, 3.63) is 0 Å². The van der Waals surface area contributed by atoms with E-state index in [9.17, 15) is 0 Å². The Morgan fingerprint density at radius 2 is 1.79 bits per heavy atom. The van der Waals surface area contributed by atoms with Crippen LogP contribution < -0.4 is 5.32 Å². The van der Waals surface area contributed by atoms with Crippen molar-refractivity contribution in [3.63, 3.8) is 0 Å². The topological polar surface area (TPSA) is 24.5 Å². The molecule has 2 atom stereocenters. The Bertz CT molecular complexity index is 207. The summed E-state index contributed by atoms with van der Waals surface area (Å²) in [7, 11) is 1.79. The van der Waals surface area contributed by atoms with Gasteiger partial charge in [0, 0.05) is 25.3 Å². The van der Waals surface area contributed by atoms with Crippen molar-refractivity contribution in [2.24, 2.45) is 0 Å². The molecule has 116 valence electrons. The lowest BCUT2D eigenvalue weighted by molar-refractivity contribution is 0.0621. The molecule has 0 heterocycles. The number of nitrogens with zero attached hydrogens (tertiary/aromatic N) is 1. The fraction of sp³-hybridized carbons (Fsp3) is 1.00. The van der Waals surface area contributed by atoms with E-state index in [1.165, 1.54) is 19.3 Å². The number of methoxy groups -OCH3 is 1. The van der Waals surface area contributed by atoms with Gasteiger partial charge in [0.25, 0.3) is 0 Å². The maximum atomic E-state index is 5.21. The minimum absolute atomic E-state index is 0.242. The van der Waals surface area contributed by atoms with E-state index in [2.05, 4.69) is 44.8 Å². The van der Waals surface area contributed by atoms with Crippen LogP contribution in [-0.4, -0.2) is 49.8 Å². The average molecular weight is 272 g/mol. The lowest BCUT2D eigenvalue weighted by Crippen LogP contribution is -2.59. The molecule has 0 radical (unpaired) electrons. The van der Waals surface area contributed by atoms with E-state index in [0.717, 1.165) is 32.7 Å². The first kappa shape index (κ1) is 18.9. The smallest absolute Gasteiger partial charge is 0.0462 e. The average Bonchev–Trinajstić information content (AvgIpc) is 2.43. The van der Waals surface area contributed by atoms with Gasteiger partial charge in [-0.05, 0) is 52.2 Å². The van der Waals surface area contributed by atoms with Crippen LogP contribution in [0.4, 0.5) is 0 Å². The number of hydrogen-bond donors (Lipinski definition) is 1. The lowest BCUT2D eigenvalue weighted by Gasteiger charge is -2.46. The summed E-state index contributed by atoms with van der Waals surface area (Å²) in [5, 5.41) is 3.77.